The Hall–Kier alpha value is -4.46. The van der Waals surface area contributed by atoms with Gasteiger partial charge in [-0.25, -0.2) is 4.79 Å². The van der Waals surface area contributed by atoms with Crippen LogP contribution in [0, 0.1) is 0 Å². The number of amides is 3. The third-order valence-electron chi connectivity index (χ3n) is 5.36. The summed E-state index contributed by atoms with van der Waals surface area (Å²) < 4.78 is 5.12. The highest BCUT2D eigenvalue weighted by Crippen LogP contribution is 2.26. The summed E-state index contributed by atoms with van der Waals surface area (Å²) in [5, 5.41) is 11.8. The summed E-state index contributed by atoms with van der Waals surface area (Å²) >= 11 is 0. The van der Waals surface area contributed by atoms with Crippen molar-refractivity contribution < 1.29 is 29.0 Å². The van der Waals surface area contributed by atoms with Gasteiger partial charge in [0.05, 0.1) is 30.3 Å². The van der Waals surface area contributed by atoms with Crippen molar-refractivity contribution in [2.24, 2.45) is 0 Å². The molecule has 0 saturated carbocycles. The summed E-state index contributed by atoms with van der Waals surface area (Å²) in [6.07, 6.45) is 0. The van der Waals surface area contributed by atoms with Crippen molar-refractivity contribution in [3.63, 3.8) is 0 Å². The number of nitrogens with one attached hydrogen (secondary N) is 1. The number of carbonyl (C=O) groups excluding carboxylic acids is 3. The Balaban J connectivity index is 1.47. The first-order valence-corrected chi connectivity index (χ1v) is 10.1. The monoisotopic (exact) mass is 444 g/mol. The number of rotatable bonds is 7. The maximum atomic E-state index is 12.9. The number of carboxylic acids is 1. The lowest BCUT2D eigenvalue weighted by molar-refractivity contribution is 0.0639. The van der Waals surface area contributed by atoms with Gasteiger partial charge in [-0.1, -0.05) is 24.3 Å². The van der Waals surface area contributed by atoms with E-state index in [2.05, 4.69) is 5.32 Å². The van der Waals surface area contributed by atoms with Gasteiger partial charge in [0.25, 0.3) is 17.7 Å². The van der Waals surface area contributed by atoms with Crippen molar-refractivity contribution in [2.75, 3.05) is 7.11 Å². The topological polar surface area (TPSA) is 113 Å². The van der Waals surface area contributed by atoms with Crippen molar-refractivity contribution in [2.45, 2.75) is 13.1 Å². The van der Waals surface area contributed by atoms with Gasteiger partial charge in [0, 0.05) is 12.1 Å². The zero-order valence-corrected chi connectivity index (χ0v) is 17.7. The zero-order valence-electron chi connectivity index (χ0n) is 17.7. The van der Waals surface area contributed by atoms with Crippen molar-refractivity contribution in [3.05, 3.63) is 100 Å². The molecule has 2 N–H and O–H groups in total. The Labute approximate surface area is 189 Å². The molecule has 33 heavy (non-hydrogen) atoms. The fourth-order valence-electron chi connectivity index (χ4n) is 3.59. The average molecular weight is 444 g/mol. The maximum Gasteiger partial charge on any atom is 0.335 e. The van der Waals surface area contributed by atoms with Gasteiger partial charge in [-0.2, -0.15) is 0 Å². The molecule has 0 aliphatic carbocycles. The molecule has 0 fully saturated rings. The first-order chi connectivity index (χ1) is 15.9. The molecule has 3 aromatic rings. The van der Waals surface area contributed by atoms with Gasteiger partial charge >= 0.3 is 5.97 Å². The molecule has 8 nitrogen and oxygen atoms in total. The number of carboxylic acid groups (broad SMARTS) is 1. The van der Waals surface area contributed by atoms with Crippen LogP contribution in [-0.2, 0) is 13.1 Å². The van der Waals surface area contributed by atoms with Gasteiger partial charge in [-0.3, -0.25) is 19.3 Å². The second kappa shape index (κ2) is 8.96. The van der Waals surface area contributed by atoms with E-state index in [9.17, 15) is 19.2 Å². The number of ether oxygens (including phenoxy) is 1. The summed E-state index contributed by atoms with van der Waals surface area (Å²) in [6, 6.07) is 17.7. The normalized spacial score (nSPS) is 12.5. The van der Waals surface area contributed by atoms with Crippen molar-refractivity contribution in [1.82, 2.24) is 10.2 Å². The van der Waals surface area contributed by atoms with E-state index < -0.39 is 23.7 Å². The Bertz CT molecular complexity index is 1270. The number of fused-ring (bicyclic) bond motifs is 1. The summed E-state index contributed by atoms with van der Waals surface area (Å²) in [6.45, 7) is 0.227. The van der Waals surface area contributed by atoms with Crippen LogP contribution in [0.25, 0.3) is 0 Å². The van der Waals surface area contributed by atoms with Crippen LogP contribution in [-0.4, -0.2) is 40.8 Å². The fourth-order valence-corrected chi connectivity index (χ4v) is 3.59. The van der Waals surface area contributed by atoms with E-state index in [4.69, 9.17) is 9.84 Å². The number of carbonyl (C=O) groups is 4. The molecule has 8 heteroatoms. The Kier molecular flexibility index (Phi) is 5.91. The molecular formula is C25H20N2O6. The average Bonchev–Trinajstić information content (AvgIpc) is 3.07. The van der Waals surface area contributed by atoms with Crippen molar-refractivity contribution in [3.8, 4) is 5.75 Å². The first-order valence-electron chi connectivity index (χ1n) is 10.1. The summed E-state index contributed by atoms with van der Waals surface area (Å²) in [5.74, 6) is -1.69. The van der Waals surface area contributed by atoms with Gasteiger partial charge in [0.1, 0.15) is 5.75 Å². The number of benzene rings is 3. The highest BCUT2D eigenvalue weighted by atomic mass is 16.5. The standard InChI is InChI=1S/C25H20N2O6/c1-33-19-8-5-15(6-9-19)14-27-23(29)20-10-7-17(12-21(20)24(27)30)22(28)26-13-16-3-2-4-18(11-16)25(31)32/h2-12H,13-14H2,1H3,(H,26,28)(H,31,32). The molecule has 3 amide bonds. The van der Waals surface area contributed by atoms with Gasteiger partial charge in [0.2, 0.25) is 0 Å². The molecule has 1 aliphatic rings. The molecule has 0 atom stereocenters. The van der Waals surface area contributed by atoms with E-state index in [-0.39, 0.29) is 35.3 Å². The predicted octanol–water partition coefficient (Wildman–Crippen LogP) is 3.12. The SMILES string of the molecule is COc1ccc(CN2C(=O)c3ccc(C(=O)NCc4cccc(C(=O)O)c4)cc3C2=O)cc1. The smallest absolute Gasteiger partial charge is 0.335 e. The summed E-state index contributed by atoms with van der Waals surface area (Å²) in [7, 11) is 1.56. The number of methoxy groups -OCH3 is 1. The molecule has 0 unspecified atom stereocenters. The molecule has 0 aromatic heterocycles. The zero-order chi connectivity index (χ0) is 23.5. The lowest BCUT2D eigenvalue weighted by Crippen LogP contribution is -2.29. The largest absolute Gasteiger partial charge is 0.497 e. The van der Waals surface area contributed by atoms with Crippen LogP contribution in [0.1, 0.15) is 52.6 Å². The van der Waals surface area contributed by atoms with E-state index in [0.717, 1.165) is 10.5 Å². The molecule has 1 heterocycles. The van der Waals surface area contributed by atoms with Crippen LogP contribution in [0.2, 0.25) is 0 Å². The second-order valence-electron chi connectivity index (χ2n) is 7.49. The minimum absolute atomic E-state index is 0.109. The summed E-state index contributed by atoms with van der Waals surface area (Å²) in [4.78, 5) is 50.5. The molecule has 0 radical (unpaired) electrons. The molecule has 1 aliphatic heterocycles. The van der Waals surface area contributed by atoms with Crippen LogP contribution < -0.4 is 10.1 Å². The fraction of sp³-hybridized carbons (Fsp3) is 0.120. The Morgan fingerprint density at radius 1 is 0.879 bits per heavy atom. The quantitative estimate of drug-likeness (QED) is 0.542. The van der Waals surface area contributed by atoms with Crippen LogP contribution in [0.4, 0.5) is 0 Å². The molecule has 0 bridgehead atoms. The number of hydrogen-bond donors (Lipinski definition) is 2. The minimum Gasteiger partial charge on any atom is -0.497 e. The second-order valence-corrected chi connectivity index (χ2v) is 7.49. The Morgan fingerprint density at radius 3 is 2.30 bits per heavy atom. The lowest BCUT2D eigenvalue weighted by Gasteiger charge is -2.14. The van der Waals surface area contributed by atoms with Crippen LogP contribution in [0.3, 0.4) is 0 Å². The van der Waals surface area contributed by atoms with Gasteiger partial charge in [-0.15, -0.1) is 0 Å². The number of nitrogens with zero attached hydrogens (tertiary/aromatic N) is 1. The summed E-state index contributed by atoms with van der Waals surface area (Å²) in [5.41, 5.74) is 2.18. The molecule has 166 valence electrons. The van der Waals surface area contributed by atoms with E-state index in [1.165, 1.54) is 30.3 Å². The van der Waals surface area contributed by atoms with E-state index in [0.29, 0.717) is 11.3 Å². The predicted molar refractivity (Wildman–Crippen MR) is 118 cm³/mol. The molecule has 3 aromatic carbocycles. The van der Waals surface area contributed by atoms with E-state index in [1.54, 1.807) is 43.5 Å². The minimum atomic E-state index is -1.05. The van der Waals surface area contributed by atoms with Crippen molar-refractivity contribution in [1.29, 1.82) is 0 Å². The maximum absolute atomic E-state index is 12.9. The van der Waals surface area contributed by atoms with Gasteiger partial charge < -0.3 is 15.2 Å². The third-order valence-corrected chi connectivity index (χ3v) is 5.36. The van der Waals surface area contributed by atoms with Crippen LogP contribution >= 0.6 is 0 Å². The van der Waals surface area contributed by atoms with Gasteiger partial charge in [0.15, 0.2) is 0 Å². The molecule has 4 rings (SSSR count). The number of imide groups is 1. The molecule has 0 saturated heterocycles. The Morgan fingerprint density at radius 2 is 1.61 bits per heavy atom. The highest BCUT2D eigenvalue weighted by Gasteiger charge is 2.36. The number of aromatic carboxylic acids is 1. The molecule has 0 spiro atoms. The molecular weight excluding hydrogens is 424 g/mol. The van der Waals surface area contributed by atoms with Gasteiger partial charge in [-0.05, 0) is 53.6 Å². The third kappa shape index (κ3) is 4.45. The lowest BCUT2D eigenvalue weighted by atomic mass is 10.1. The number of hydrogen-bond acceptors (Lipinski definition) is 5. The van der Waals surface area contributed by atoms with Crippen LogP contribution in [0.5, 0.6) is 5.75 Å². The van der Waals surface area contributed by atoms with E-state index >= 15 is 0 Å². The van der Waals surface area contributed by atoms with Crippen molar-refractivity contribution >= 4 is 23.7 Å². The highest BCUT2D eigenvalue weighted by molar-refractivity contribution is 6.22. The van der Waals surface area contributed by atoms with Crippen LogP contribution in [0.15, 0.2) is 66.7 Å². The van der Waals surface area contributed by atoms with E-state index in [1.807, 2.05) is 0 Å². The first kappa shape index (κ1) is 21.8.